The zero-order valence-electron chi connectivity index (χ0n) is 22.0. The Kier molecular flexibility index (Phi) is 9.90. The second-order valence-electron chi connectivity index (χ2n) is 9.83. The average molecular weight is 542 g/mol. The van der Waals surface area contributed by atoms with Gasteiger partial charge in [0.1, 0.15) is 5.82 Å². The monoisotopic (exact) mass is 541 g/mol. The maximum atomic E-state index is 15.2. The summed E-state index contributed by atoms with van der Waals surface area (Å²) in [5.74, 6) is -3.93. The molecule has 1 heterocycles. The fraction of sp³-hybridized carbons (Fsp3) is 0.344. The summed E-state index contributed by atoms with van der Waals surface area (Å²) in [4.78, 5) is 4.61. The van der Waals surface area contributed by atoms with Crippen LogP contribution in [0.5, 0.6) is 5.75 Å². The summed E-state index contributed by atoms with van der Waals surface area (Å²) in [5, 5.41) is 1.24. The van der Waals surface area contributed by atoms with Crippen molar-refractivity contribution >= 4 is 10.8 Å². The molecule has 4 rings (SSSR count). The van der Waals surface area contributed by atoms with Gasteiger partial charge in [-0.3, -0.25) is 4.98 Å². The van der Waals surface area contributed by atoms with Gasteiger partial charge in [-0.2, -0.15) is 8.78 Å². The number of halogens is 5. The van der Waals surface area contributed by atoms with Crippen LogP contribution in [0.4, 0.5) is 22.0 Å². The van der Waals surface area contributed by atoms with E-state index in [1.165, 1.54) is 31.2 Å². The Morgan fingerprint density at radius 3 is 2.15 bits per heavy atom. The summed E-state index contributed by atoms with van der Waals surface area (Å²) < 4.78 is 71.8. The molecule has 4 aromatic rings. The van der Waals surface area contributed by atoms with Crippen LogP contribution < -0.4 is 4.74 Å². The summed E-state index contributed by atoms with van der Waals surface area (Å²) in [6, 6.07) is 15.2. The standard InChI is InChI=1S/C32H32F5NO/c1-2-3-4-5-6-22-9-15-26(38-20-22)14-8-21-10-16-27-25(17-21)13-12-24(30(27)35)11-7-23-18-28(33)31(29(34)19-23)39-32(36)37/h9-10,12-13,15-20,32H,2-8,11,14H2,1H3. The average Bonchev–Trinajstić information content (AvgIpc) is 2.92. The van der Waals surface area contributed by atoms with Crippen molar-refractivity contribution in [2.75, 3.05) is 0 Å². The summed E-state index contributed by atoms with van der Waals surface area (Å²) in [7, 11) is 0. The van der Waals surface area contributed by atoms with Gasteiger partial charge in [0.15, 0.2) is 17.4 Å². The van der Waals surface area contributed by atoms with E-state index in [2.05, 4.69) is 28.8 Å². The van der Waals surface area contributed by atoms with Gasteiger partial charge in [0.2, 0.25) is 0 Å². The van der Waals surface area contributed by atoms with Crippen molar-refractivity contribution < 1.29 is 26.7 Å². The Labute approximate surface area is 225 Å². The molecule has 206 valence electrons. The second kappa shape index (κ2) is 13.5. The summed E-state index contributed by atoms with van der Waals surface area (Å²) in [6.07, 6.45) is 9.85. The third kappa shape index (κ3) is 7.78. The number of hydrogen-bond donors (Lipinski definition) is 0. The minimum Gasteiger partial charge on any atom is -0.429 e. The molecule has 0 bridgehead atoms. The lowest BCUT2D eigenvalue weighted by molar-refractivity contribution is -0.0546. The quantitative estimate of drug-likeness (QED) is 0.125. The Hall–Kier alpha value is -3.48. The van der Waals surface area contributed by atoms with Gasteiger partial charge in [-0.05, 0) is 84.4 Å². The molecule has 0 amide bonds. The van der Waals surface area contributed by atoms with E-state index >= 15 is 4.39 Å². The summed E-state index contributed by atoms with van der Waals surface area (Å²) in [6.45, 7) is -1.13. The van der Waals surface area contributed by atoms with Gasteiger partial charge in [0, 0.05) is 17.3 Å². The number of nitrogens with zero attached hydrogens (tertiary/aromatic N) is 1. The molecule has 3 aromatic carbocycles. The molecular weight excluding hydrogens is 509 g/mol. The molecule has 0 saturated heterocycles. The van der Waals surface area contributed by atoms with Crippen LogP contribution in [-0.4, -0.2) is 11.6 Å². The summed E-state index contributed by atoms with van der Waals surface area (Å²) >= 11 is 0. The molecule has 0 spiro atoms. The lowest BCUT2D eigenvalue weighted by Crippen LogP contribution is -2.06. The minimum atomic E-state index is -3.33. The van der Waals surface area contributed by atoms with Crippen molar-refractivity contribution in [3.8, 4) is 5.75 Å². The highest BCUT2D eigenvalue weighted by atomic mass is 19.3. The van der Waals surface area contributed by atoms with Crippen LogP contribution in [0.3, 0.4) is 0 Å². The molecule has 2 nitrogen and oxygen atoms in total. The Bertz CT molecular complexity index is 1360. The van der Waals surface area contributed by atoms with E-state index in [1.807, 2.05) is 24.4 Å². The topological polar surface area (TPSA) is 22.1 Å². The zero-order valence-corrected chi connectivity index (χ0v) is 22.0. The summed E-state index contributed by atoms with van der Waals surface area (Å²) in [5.41, 5.74) is 4.00. The molecular formula is C32H32F5NO. The highest BCUT2D eigenvalue weighted by molar-refractivity contribution is 5.84. The molecule has 0 aliphatic carbocycles. The zero-order chi connectivity index (χ0) is 27.8. The first-order valence-electron chi connectivity index (χ1n) is 13.4. The normalized spacial score (nSPS) is 11.5. The van der Waals surface area contributed by atoms with Crippen molar-refractivity contribution in [1.29, 1.82) is 0 Å². The molecule has 7 heteroatoms. The van der Waals surface area contributed by atoms with E-state index in [0.29, 0.717) is 10.9 Å². The van der Waals surface area contributed by atoms with Gasteiger partial charge >= 0.3 is 6.61 Å². The Morgan fingerprint density at radius 1 is 0.718 bits per heavy atom. The third-order valence-corrected chi connectivity index (χ3v) is 6.92. The molecule has 0 unspecified atom stereocenters. The number of hydrogen-bond acceptors (Lipinski definition) is 2. The first kappa shape index (κ1) is 28.5. The Balaban J connectivity index is 1.36. The fourth-order valence-electron chi connectivity index (χ4n) is 4.75. The second-order valence-corrected chi connectivity index (χ2v) is 9.83. The number of fused-ring (bicyclic) bond motifs is 1. The predicted molar refractivity (Wildman–Crippen MR) is 144 cm³/mol. The maximum Gasteiger partial charge on any atom is 0.387 e. The van der Waals surface area contributed by atoms with Gasteiger partial charge in [-0.15, -0.1) is 0 Å². The van der Waals surface area contributed by atoms with Crippen molar-refractivity contribution in [3.63, 3.8) is 0 Å². The molecule has 0 aliphatic heterocycles. The van der Waals surface area contributed by atoms with E-state index in [1.54, 1.807) is 12.1 Å². The van der Waals surface area contributed by atoms with E-state index in [9.17, 15) is 17.6 Å². The molecule has 0 radical (unpaired) electrons. The number of pyridine rings is 1. The van der Waals surface area contributed by atoms with Crippen LogP contribution in [0.25, 0.3) is 10.8 Å². The Morgan fingerprint density at radius 2 is 1.46 bits per heavy atom. The van der Waals surface area contributed by atoms with Gasteiger partial charge < -0.3 is 4.74 Å². The predicted octanol–water partition coefficient (Wildman–Crippen LogP) is 8.95. The fourth-order valence-corrected chi connectivity index (χ4v) is 4.75. The van der Waals surface area contributed by atoms with Crippen molar-refractivity contribution in [2.24, 2.45) is 0 Å². The maximum absolute atomic E-state index is 15.2. The van der Waals surface area contributed by atoms with E-state index in [-0.39, 0.29) is 24.2 Å². The molecule has 0 fully saturated rings. The van der Waals surface area contributed by atoms with Crippen LogP contribution in [0.2, 0.25) is 0 Å². The molecule has 1 aromatic heterocycles. The first-order chi connectivity index (χ1) is 18.8. The minimum absolute atomic E-state index is 0.133. The number of aryl methyl sites for hydroxylation is 5. The van der Waals surface area contributed by atoms with Gasteiger partial charge in [-0.1, -0.05) is 62.6 Å². The smallest absolute Gasteiger partial charge is 0.387 e. The molecule has 0 N–H and O–H groups in total. The number of benzene rings is 3. The van der Waals surface area contributed by atoms with E-state index < -0.39 is 24.0 Å². The van der Waals surface area contributed by atoms with Crippen LogP contribution in [0, 0.1) is 17.5 Å². The number of aromatic nitrogens is 1. The van der Waals surface area contributed by atoms with Crippen LogP contribution in [0.15, 0.2) is 60.8 Å². The van der Waals surface area contributed by atoms with Crippen LogP contribution >= 0.6 is 0 Å². The number of unbranched alkanes of at least 4 members (excludes halogenated alkanes) is 3. The van der Waals surface area contributed by atoms with Crippen molar-refractivity contribution in [3.05, 3.63) is 106 Å². The third-order valence-electron chi connectivity index (χ3n) is 6.92. The molecule has 39 heavy (non-hydrogen) atoms. The van der Waals surface area contributed by atoms with Gasteiger partial charge in [-0.25, -0.2) is 13.2 Å². The highest BCUT2D eigenvalue weighted by Gasteiger charge is 2.17. The molecule has 0 aliphatic rings. The van der Waals surface area contributed by atoms with Gasteiger partial charge in [0.25, 0.3) is 0 Å². The van der Waals surface area contributed by atoms with Crippen LogP contribution in [-0.2, 0) is 32.1 Å². The van der Waals surface area contributed by atoms with Gasteiger partial charge in [0.05, 0.1) is 0 Å². The molecule has 0 saturated carbocycles. The lowest BCUT2D eigenvalue weighted by Gasteiger charge is -2.11. The van der Waals surface area contributed by atoms with E-state index in [4.69, 9.17) is 0 Å². The number of rotatable bonds is 13. The first-order valence-corrected chi connectivity index (χ1v) is 13.4. The molecule has 0 atom stereocenters. The largest absolute Gasteiger partial charge is 0.429 e. The highest BCUT2D eigenvalue weighted by Crippen LogP contribution is 2.27. The van der Waals surface area contributed by atoms with Crippen molar-refractivity contribution in [1.82, 2.24) is 4.98 Å². The van der Waals surface area contributed by atoms with Crippen LogP contribution in [0.1, 0.15) is 60.6 Å². The number of alkyl halides is 2. The SMILES string of the molecule is CCCCCCc1ccc(CCc2ccc3c(F)c(CCc4cc(F)c(OC(F)F)c(F)c4)ccc3c2)nc1. The number of ether oxygens (including phenoxy) is 1. The lowest BCUT2D eigenvalue weighted by atomic mass is 9.97. The van der Waals surface area contributed by atoms with E-state index in [0.717, 1.165) is 48.0 Å². The van der Waals surface area contributed by atoms with Crippen molar-refractivity contribution in [2.45, 2.75) is 71.3 Å².